The van der Waals surface area contributed by atoms with Gasteiger partial charge in [0.15, 0.2) is 5.69 Å². The van der Waals surface area contributed by atoms with Crippen molar-refractivity contribution in [3.63, 3.8) is 0 Å². The molecular weight excluding hydrogens is 318 g/mol. The number of rotatable bonds is 4. The van der Waals surface area contributed by atoms with Crippen LogP contribution in [0.5, 0.6) is 0 Å². The average molecular weight is 333 g/mol. The van der Waals surface area contributed by atoms with Gasteiger partial charge in [-0.2, -0.15) is 0 Å². The summed E-state index contributed by atoms with van der Waals surface area (Å²) in [5.74, 6) is 1.11. The van der Waals surface area contributed by atoms with Crippen LogP contribution >= 0.6 is 0 Å². The molecule has 0 aliphatic carbocycles. The highest BCUT2D eigenvalue weighted by atomic mass is 16.5. The largest absolute Gasteiger partial charge is 0.361 e. The lowest BCUT2D eigenvalue weighted by molar-refractivity contribution is 0.0947. The fraction of sp³-hybridized carbons (Fsp3) is 0.111. The number of fused-ring (bicyclic) bond motifs is 1. The van der Waals surface area contributed by atoms with Crippen LogP contribution in [-0.4, -0.2) is 25.4 Å². The summed E-state index contributed by atoms with van der Waals surface area (Å²) in [5, 5.41) is 6.71. The number of pyridine rings is 2. The minimum atomic E-state index is -0.264. The Balaban J connectivity index is 1.68. The average Bonchev–Trinajstić information content (AvgIpc) is 3.24. The number of nitrogens with zero attached hydrogens (tertiary/aromatic N) is 4. The molecule has 25 heavy (non-hydrogen) atoms. The molecule has 124 valence electrons. The summed E-state index contributed by atoms with van der Waals surface area (Å²) in [6.45, 7) is 2.09. The van der Waals surface area contributed by atoms with E-state index in [1.165, 1.54) is 0 Å². The van der Waals surface area contributed by atoms with E-state index in [9.17, 15) is 4.79 Å². The number of nitrogens with one attached hydrogen (secondary N) is 1. The molecule has 0 saturated carbocycles. The van der Waals surface area contributed by atoms with Crippen LogP contribution in [0.15, 0.2) is 59.5 Å². The molecule has 4 aromatic rings. The van der Waals surface area contributed by atoms with E-state index >= 15 is 0 Å². The van der Waals surface area contributed by atoms with Gasteiger partial charge in [0.2, 0.25) is 0 Å². The summed E-state index contributed by atoms with van der Waals surface area (Å²) < 4.78 is 6.89. The lowest BCUT2D eigenvalue weighted by Gasteiger charge is -2.00. The summed E-state index contributed by atoms with van der Waals surface area (Å²) in [5.41, 5.74) is 2.60. The first kappa shape index (κ1) is 15.1. The van der Waals surface area contributed by atoms with Crippen LogP contribution in [0.4, 0.5) is 0 Å². The van der Waals surface area contributed by atoms with Crippen molar-refractivity contribution < 1.29 is 9.32 Å². The zero-order chi connectivity index (χ0) is 17.2. The highest BCUT2D eigenvalue weighted by Gasteiger charge is 2.18. The van der Waals surface area contributed by atoms with Crippen LogP contribution in [0.1, 0.15) is 21.9 Å². The van der Waals surface area contributed by atoms with Crippen molar-refractivity contribution in [2.75, 3.05) is 0 Å². The number of aromatic nitrogens is 4. The Morgan fingerprint density at radius 2 is 2.20 bits per heavy atom. The Morgan fingerprint density at radius 3 is 2.96 bits per heavy atom. The fourth-order valence-corrected chi connectivity index (χ4v) is 2.66. The normalized spacial score (nSPS) is 10.9. The third kappa shape index (κ3) is 2.87. The van der Waals surface area contributed by atoms with Crippen molar-refractivity contribution in [2.45, 2.75) is 13.5 Å². The lowest BCUT2D eigenvalue weighted by Crippen LogP contribution is -2.23. The van der Waals surface area contributed by atoms with Crippen molar-refractivity contribution in [1.29, 1.82) is 0 Å². The van der Waals surface area contributed by atoms with Crippen LogP contribution in [0.2, 0.25) is 0 Å². The van der Waals surface area contributed by atoms with E-state index < -0.39 is 0 Å². The molecule has 0 aliphatic heterocycles. The molecule has 0 atom stereocenters. The van der Waals surface area contributed by atoms with E-state index in [1.807, 2.05) is 40.9 Å². The molecule has 0 aromatic carbocycles. The Kier molecular flexibility index (Phi) is 3.74. The number of carbonyl (C=O) groups excluding carboxylic acids is 1. The molecule has 7 nitrogen and oxygen atoms in total. The summed E-state index contributed by atoms with van der Waals surface area (Å²) in [4.78, 5) is 21.3. The summed E-state index contributed by atoms with van der Waals surface area (Å²) in [6, 6.07) is 11.2. The second-order valence-electron chi connectivity index (χ2n) is 5.59. The summed E-state index contributed by atoms with van der Waals surface area (Å²) in [7, 11) is 0. The van der Waals surface area contributed by atoms with Crippen molar-refractivity contribution in [3.8, 4) is 11.4 Å². The van der Waals surface area contributed by atoms with E-state index in [-0.39, 0.29) is 12.5 Å². The van der Waals surface area contributed by atoms with Gasteiger partial charge in [-0.05, 0) is 31.2 Å². The molecule has 1 N–H and O–H groups in total. The minimum absolute atomic E-state index is 0.264. The predicted molar refractivity (Wildman–Crippen MR) is 90.8 cm³/mol. The van der Waals surface area contributed by atoms with E-state index in [0.717, 1.165) is 11.1 Å². The van der Waals surface area contributed by atoms with Crippen molar-refractivity contribution in [2.24, 2.45) is 0 Å². The van der Waals surface area contributed by atoms with Gasteiger partial charge >= 0.3 is 0 Å². The number of aryl methyl sites for hydroxylation is 1. The highest BCUT2D eigenvalue weighted by molar-refractivity contribution is 6.00. The maximum Gasteiger partial charge on any atom is 0.272 e. The van der Waals surface area contributed by atoms with Crippen LogP contribution in [0.3, 0.4) is 0 Å². The van der Waals surface area contributed by atoms with E-state index in [0.29, 0.717) is 23.0 Å². The van der Waals surface area contributed by atoms with Gasteiger partial charge in [0.1, 0.15) is 17.3 Å². The molecule has 0 spiro atoms. The van der Waals surface area contributed by atoms with Crippen molar-refractivity contribution >= 4 is 11.4 Å². The monoisotopic (exact) mass is 333 g/mol. The van der Waals surface area contributed by atoms with Crippen LogP contribution in [0, 0.1) is 6.92 Å². The smallest absolute Gasteiger partial charge is 0.272 e. The molecule has 0 aliphatic rings. The van der Waals surface area contributed by atoms with Gasteiger partial charge in [-0.25, -0.2) is 4.98 Å². The second kappa shape index (κ2) is 6.20. The third-order valence-electron chi connectivity index (χ3n) is 3.79. The topological polar surface area (TPSA) is 85.3 Å². The highest BCUT2D eigenvalue weighted by Crippen LogP contribution is 2.22. The number of hydrogen-bond acceptors (Lipinski definition) is 5. The molecule has 4 rings (SSSR count). The molecule has 0 saturated heterocycles. The Morgan fingerprint density at radius 1 is 1.28 bits per heavy atom. The van der Waals surface area contributed by atoms with Crippen LogP contribution in [0.25, 0.3) is 16.9 Å². The number of amides is 1. The van der Waals surface area contributed by atoms with E-state index in [2.05, 4.69) is 20.4 Å². The van der Waals surface area contributed by atoms with Gasteiger partial charge in [-0.3, -0.25) is 14.2 Å². The Bertz CT molecular complexity index is 1040. The first-order valence-corrected chi connectivity index (χ1v) is 7.80. The third-order valence-corrected chi connectivity index (χ3v) is 3.79. The number of imidazole rings is 1. The lowest BCUT2D eigenvalue weighted by atomic mass is 10.3. The molecule has 7 heteroatoms. The van der Waals surface area contributed by atoms with E-state index in [1.54, 1.807) is 25.4 Å². The molecular formula is C18H15N5O2. The SMILES string of the molecule is Cc1cc(CNC(=O)c2nc(-c3cccnc3)n3ccccc23)no1. The maximum absolute atomic E-state index is 12.6. The van der Waals surface area contributed by atoms with Gasteiger partial charge < -0.3 is 9.84 Å². The predicted octanol–water partition coefficient (Wildman–Crippen LogP) is 2.62. The van der Waals surface area contributed by atoms with Gasteiger partial charge in [0.25, 0.3) is 5.91 Å². The molecule has 1 amide bonds. The molecule has 0 fully saturated rings. The zero-order valence-electron chi connectivity index (χ0n) is 13.5. The summed E-state index contributed by atoms with van der Waals surface area (Å²) >= 11 is 0. The Labute approximate surface area is 143 Å². The number of hydrogen-bond donors (Lipinski definition) is 1. The van der Waals surface area contributed by atoms with E-state index in [4.69, 9.17) is 4.52 Å². The molecule has 4 aromatic heterocycles. The first-order valence-electron chi connectivity index (χ1n) is 7.80. The van der Waals surface area contributed by atoms with Gasteiger partial charge in [-0.15, -0.1) is 0 Å². The Hall–Kier alpha value is -3.48. The zero-order valence-corrected chi connectivity index (χ0v) is 13.5. The van der Waals surface area contributed by atoms with Gasteiger partial charge in [0, 0.05) is 30.2 Å². The molecule has 4 heterocycles. The van der Waals surface area contributed by atoms with Gasteiger partial charge in [-0.1, -0.05) is 11.2 Å². The molecule has 0 bridgehead atoms. The minimum Gasteiger partial charge on any atom is -0.361 e. The van der Waals surface area contributed by atoms with Crippen molar-refractivity contribution in [1.82, 2.24) is 24.8 Å². The number of carbonyl (C=O) groups is 1. The van der Waals surface area contributed by atoms with Gasteiger partial charge in [0.05, 0.1) is 12.1 Å². The van der Waals surface area contributed by atoms with Crippen LogP contribution in [-0.2, 0) is 6.54 Å². The van der Waals surface area contributed by atoms with Crippen LogP contribution < -0.4 is 5.32 Å². The second-order valence-corrected chi connectivity index (χ2v) is 5.59. The van der Waals surface area contributed by atoms with Crippen molar-refractivity contribution in [3.05, 3.63) is 72.1 Å². The first-order chi connectivity index (χ1) is 12.2. The standard InChI is InChI=1S/C18H15N5O2/c1-12-9-14(22-25-12)11-20-18(24)16-15-6-2-3-8-23(15)17(21-16)13-5-4-7-19-10-13/h2-10H,11H2,1H3,(H,20,24). The quantitative estimate of drug-likeness (QED) is 0.620. The summed E-state index contributed by atoms with van der Waals surface area (Å²) in [6.07, 6.45) is 5.30. The molecule has 0 radical (unpaired) electrons. The fourth-order valence-electron chi connectivity index (χ4n) is 2.66. The maximum atomic E-state index is 12.6. The molecule has 0 unspecified atom stereocenters.